The fourth-order valence-corrected chi connectivity index (χ4v) is 5.14. The Hall–Kier alpha value is -4.51. The van der Waals surface area contributed by atoms with E-state index >= 15 is 0 Å². The first-order valence-electron chi connectivity index (χ1n) is 13.9. The number of primary sulfonamides is 1. The Kier molecular flexibility index (Phi) is 10.7. The number of benzene rings is 4. The number of nitrogens with zero attached hydrogens (tertiary/aromatic N) is 1. The minimum Gasteiger partial charge on any atom is -0.497 e. The van der Waals surface area contributed by atoms with Crippen molar-refractivity contribution in [2.24, 2.45) is 10.9 Å². The third-order valence-electron chi connectivity index (χ3n) is 6.98. The lowest BCUT2D eigenvalue weighted by molar-refractivity contribution is -0.131. The van der Waals surface area contributed by atoms with Crippen LogP contribution in [0.5, 0.6) is 5.75 Å². The van der Waals surface area contributed by atoms with Crippen molar-refractivity contribution in [3.05, 3.63) is 119 Å². The second-order valence-corrected chi connectivity index (χ2v) is 11.7. The van der Waals surface area contributed by atoms with Gasteiger partial charge in [0.25, 0.3) is 5.91 Å². The molecule has 4 aromatic carbocycles. The third kappa shape index (κ3) is 8.99. The lowest BCUT2D eigenvalue weighted by Gasteiger charge is -2.24. The van der Waals surface area contributed by atoms with Gasteiger partial charge < -0.3 is 20.7 Å². The van der Waals surface area contributed by atoms with Gasteiger partial charge >= 0.3 is 0 Å². The Labute approximate surface area is 252 Å². The molecule has 0 spiro atoms. The van der Waals surface area contributed by atoms with Gasteiger partial charge in [0, 0.05) is 31.7 Å². The van der Waals surface area contributed by atoms with E-state index in [1.807, 2.05) is 66.7 Å². The van der Waals surface area contributed by atoms with Gasteiger partial charge in [0.15, 0.2) is 0 Å². The van der Waals surface area contributed by atoms with E-state index in [0.29, 0.717) is 43.9 Å². The number of rotatable bonds is 13. The second-order valence-electron chi connectivity index (χ2n) is 10.1. The van der Waals surface area contributed by atoms with Crippen molar-refractivity contribution in [2.45, 2.75) is 24.3 Å². The molecule has 2 amide bonds. The standard InChI is InChI=1S/C33H36N4O5S/c1-42-30-12-8-25(9-13-30)21-32(38)37(19-16-24-10-14-31(15-11-24)43(35,40)41)23-26-4-2-5-27(20-26)28-6-3-7-29(22-28)33(39)36-18-17-34/h2-15,20,22H,16-19,21,23,34H2,1H3,(H,36,39)(H2,35,40,41). The summed E-state index contributed by atoms with van der Waals surface area (Å²) in [5.41, 5.74) is 10.5. The largest absolute Gasteiger partial charge is 0.497 e. The highest BCUT2D eigenvalue weighted by Crippen LogP contribution is 2.23. The molecule has 0 saturated heterocycles. The number of sulfonamides is 1. The van der Waals surface area contributed by atoms with Crippen LogP contribution in [-0.4, -0.2) is 51.9 Å². The van der Waals surface area contributed by atoms with Gasteiger partial charge in [-0.15, -0.1) is 0 Å². The summed E-state index contributed by atoms with van der Waals surface area (Å²) < 4.78 is 28.5. The van der Waals surface area contributed by atoms with Crippen molar-refractivity contribution in [3.63, 3.8) is 0 Å². The van der Waals surface area contributed by atoms with Gasteiger partial charge in [0.2, 0.25) is 15.9 Å². The number of ether oxygens (including phenoxy) is 1. The number of amides is 2. The molecule has 0 heterocycles. The molecule has 9 nitrogen and oxygen atoms in total. The van der Waals surface area contributed by atoms with Crippen molar-refractivity contribution in [1.82, 2.24) is 10.2 Å². The molecule has 0 fully saturated rings. The highest BCUT2D eigenvalue weighted by atomic mass is 32.2. The van der Waals surface area contributed by atoms with Crippen molar-refractivity contribution in [1.29, 1.82) is 0 Å². The Morgan fingerprint density at radius 3 is 2.14 bits per heavy atom. The van der Waals surface area contributed by atoms with E-state index in [9.17, 15) is 18.0 Å². The van der Waals surface area contributed by atoms with Gasteiger partial charge in [0.05, 0.1) is 18.4 Å². The quantitative estimate of drug-likeness (QED) is 0.214. The molecule has 10 heteroatoms. The fraction of sp³-hybridized carbons (Fsp3) is 0.212. The molecule has 0 bridgehead atoms. The second kappa shape index (κ2) is 14.6. The smallest absolute Gasteiger partial charge is 0.251 e. The summed E-state index contributed by atoms with van der Waals surface area (Å²) >= 11 is 0. The molecule has 0 unspecified atom stereocenters. The summed E-state index contributed by atoms with van der Waals surface area (Å²) in [6.45, 7) is 1.55. The maximum Gasteiger partial charge on any atom is 0.251 e. The zero-order valence-corrected chi connectivity index (χ0v) is 24.8. The van der Waals surface area contributed by atoms with Crippen LogP contribution in [0.25, 0.3) is 11.1 Å². The van der Waals surface area contributed by atoms with Crippen LogP contribution >= 0.6 is 0 Å². The number of nitrogens with two attached hydrogens (primary N) is 2. The summed E-state index contributed by atoms with van der Waals surface area (Å²) in [6, 6.07) is 29.0. The van der Waals surface area contributed by atoms with Crippen LogP contribution in [0.15, 0.2) is 102 Å². The van der Waals surface area contributed by atoms with Gasteiger partial charge in [-0.2, -0.15) is 0 Å². The molecule has 4 aromatic rings. The number of hydrogen-bond donors (Lipinski definition) is 3. The molecular weight excluding hydrogens is 564 g/mol. The zero-order valence-electron chi connectivity index (χ0n) is 24.0. The zero-order chi connectivity index (χ0) is 30.8. The van der Waals surface area contributed by atoms with Crippen LogP contribution in [0.3, 0.4) is 0 Å². The molecule has 4 rings (SSSR count). The van der Waals surface area contributed by atoms with E-state index in [1.165, 1.54) is 12.1 Å². The van der Waals surface area contributed by atoms with E-state index in [2.05, 4.69) is 5.32 Å². The number of methoxy groups -OCH3 is 1. The summed E-state index contributed by atoms with van der Waals surface area (Å²) in [7, 11) is -2.19. The van der Waals surface area contributed by atoms with Gasteiger partial charge in [0.1, 0.15) is 5.75 Å². The fourth-order valence-electron chi connectivity index (χ4n) is 4.63. The number of nitrogens with one attached hydrogen (secondary N) is 1. The monoisotopic (exact) mass is 600 g/mol. The molecule has 0 aliphatic heterocycles. The number of carbonyl (C=O) groups is 2. The normalized spacial score (nSPS) is 11.1. The maximum absolute atomic E-state index is 13.6. The molecule has 5 N–H and O–H groups in total. The molecule has 0 radical (unpaired) electrons. The van der Waals surface area contributed by atoms with Crippen molar-refractivity contribution in [2.75, 3.05) is 26.7 Å². The van der Waals surface area contributed by atoms with Crippen LogP contribution in [0.4, 0.5) is 0 Å². The van der Waals surface area contributed by atoms with E-state index in [-0.39, 0.29) is 23.1 Å². The van der Waals surface area contributed by atoms with Gasteiger partial charge in [-0.05, 0) is 76.7 Å². The highest BCUT2D eigenvalue weighted by Gasteiger charge is 2.16. The average molecular weight is 601 g/mol. The summed E-state index contributed by atoms with van der Waals surface area (Å²) in [5.74, 6) is 0.486. The molecule has 43 heavy (non-hydrogen) atoms. The van der Waals surface area contributed by atoms with Gasteiger partial charge in [-0.25, -0.2) is 13.6 Å². The van der Waals surface area contributed by atoms with Crippen molar-refractivity contribution >= 4 is 21.8 Å². The third-order valence-corrected chi connectivity index (χ3v) is 7.91. The van der Waals surface area contributed by atoms with Crippen LogP contribution in [0.2, 0.25) is 0 Å². The predicted octanol–water partition coefficient (Wildman–Crippen LogP) is 3.51. The Morgan fingerprint density at radius 1 is 0.837 bits per heavy atom. The van der Waals surface area contributed by atoms with E-state index in [0.717, 1.165) is 27.8 Å². The molecule has 0 aliphatic carbocycles. The summed E-state index contributed by atoms with van der Waals surface area (Å²) in [4.78, 5) is 27.9. The molecule has 224 valence electrons. The Bertz CT molecular complexity index is 1660. The van der Waals surface area contributed by atoms with Crippen LogP contribution in [0.1, 0.15) is 27.0 Å². The van der Waals surface area contributed by atoms with E-state index in [1.54, 1.807) is 30.2 Å². The molecule has 0 aromatic heterocycles. The number of carbonyl (C=O) groups excluding carboxylic acids is 2. The predicted molar refractivity (Wildman–Crippen MR) is 167 cm³/mol. The molecule has 0 saturated carbocycles. The van der Waals surface area contributed by atoms with Crippen LogP contribution in [-0.2, 0) is 34.2 Å². The lowest BCUT2D eigenvalue weighted by Crippen LogP contribution is -2.33. The van der Waals surface area contributed by atoms with Gasteiger partial charge in [-0.1, -0.05) is 54.6 Å². The SMILES string of the molecule is COc1ccc(CC(=O)N(CCc2ccc(S(N)(=O)=O)cc2)Cc2cccc(-c3cccc(C(=O)NCCN)c3)c2)cc1. The van der Waals surface area contributed by atoms with Crippen LogP contribution in [0, 0.1) is 0 Å². The van der Waals surface area contributed by atoms with E-state index in [4.69, 9.17) is 15.6 Å². The average Bonchev–Trinajstić information content (AvgIpc) is 3.02. The first kappa shape index (κ1) is 31.4. The number of hydrogen-bond acceptors (Lipinski definition) is 6. The minimum atomic E-state index is -3.78. The van der Waals surface area contributed by atoms with Gasteiger partial charge in [-0.3, -0.25) is 9.59 Å². The minimum absolute atomic E-state index is 0.0430. The van der Waals surface area contributed by atoms with E-state index < -0.39 is 10.0 Å². The molecular formula is C33H36N4O5S. The maximum atomic E-state index is 13.6. The first-order chi connectivity index (χ1) is 20.7. The van der Waals surface area contributed by atoms with Crippen LogP contribution < -0.4 is 20.9 Å². The summed E-state index contributed by atoms with van der Waals surface area (Å²) in [5, 5.41) is 8.02. The summed E-state index contributed by atoms with van der Waals surface area (Å²) in [6.07, 6.45) is 0.743. The first-order valence-corrected chi connectivity index (χ1v) is 15.4. The highest BCUT2D eigenvalue weighted by molar-refractivity contribution is 7.89. The topological polar surface area (TPSA) is 145 Å². The van der Waals surface area contributed by atoms with Crippen molar-refractivity contribution in [3.8, 4) is 16.9 Å². The lowest BCUT2D eigenvalue weighted by atomic mass is 10.0. The van der Waals surface area contributed by atoms with Crippen molar-refractivity contribution < 1.29 is 22.7 Å². The Balaban J connectivity index is 1.55. The Morgan fingerprint density at radius 2 is 1.49 bits per heavy atom. The molecule has 0 atom stereocenters. The molecule has 0 aliphatic rings.